The largest absolute Gasteiger partial charge is 0.487 e. The van der Waals surface area contributed by atoms with E-state index in [2.05, 4.69) is 32.1 Å². The van der Waals surface area contributed by atoms with Crippen molar-refractivity contribution in [1.82, 2.24) is 15.0 Å². The van der Waals surface area contributed by atoms with Crippen molar-refractivity contribution in [2.45, 2.75) is 26.4 Å². The van der Waals surface area contributed by atoms with Crippen LogP contribution >= 0.6 is 0 Å². The van der Waals surface area contributed by atoms with Gasteiger partial charge in [-0.15, -0.1) is 0 Å². The molecule has 0 saturated carbocycles. The standard InChI is InChI=1S/C18H25N5O2/c1-3-15-11-17(22-18(21-15)23-7-9-24-10-8-23)20-12-14(2)25-16-5-4-6-19-13-16/h4-6,11,13-14H,3,7-10,12H2,1-2H3,(H,20,21,22). The molecule has 1 unspecified atom stereocenters. The van der Waals surface area contributed by atoms with Crippen molar-refractivity contribution in [2.75, 3.05) is 43.1 Å². The number of ether oxygens (including phenoxy) is 2. The van der Waals surface area contributed by atoms with Crippen LogP contribution in [0, 0.1) is 0 Å². The molecule has 134 valence electrons. The van der Waals surface area contributed by atoms with Crippen molar-refractivity contribution in [2.24, 2.45) is 0 Å². The Morgan fingerprint density at radius 1 is 1.32 bits per heavy atom. The Kier molecular flexibility index (Phi) is 6.00. The number of nitrogens with one attached hydrogen (secondary N) is 1. The molecule has 0 bridgehead atoms. The predicted octanol–water partition coefficient (Wildman–Crippen LogP) is 2.15. The van der Waals surface area contributed by atoms with Gasteiger partial charge in [-0.25, -0.2) is 4.98 Å². The molecule has 1 N–H and O–H groups in total. The number of anilines is 2. The normalized spacial score (nSPS) is 15.7. The fourth-order valence-electron chi connectivity index (χ4n) is 2.60. The lowest BCUT2D eigenvalue weighted by molar-refractivity contribution is 0.122. The number of pyridine rings is 1. The second-order valence-corrected chi connectivity index (χ2v) is 6.00. The first-order chi connectivity index (χ1) is 12.2. The van der Waals surface area contributed by atoms with E-state index in [1.807, 2.05) is 25.1 Å². The van der Waals surface area contributed by atoms with Gasteiger partial charge < -0.3 is 19.7 Å². The van der Waals surface area contributed by atoms with Gasteiger partial charge >= 0.3 is 0 Å². The van der Waals surface area contributed by atoms with Crippen molar-refractivity contribution < 1.29 is 9.47 Å². The van der Waals surface area contributed by atoms with E-state index in [-0.39, 0.29) is 6.10 Å². The summed E-state index contributed by atoms with van der Waals surface area (Å²) in [6.07, 6.45) is 4.32. The van der Waals surface area contributed by atoms with E-state index in [9.17, 15) is 0 Å². The van der Waals surface area contributed by atoms with Crippen LogP contribution in [0.1, 0.15) is 19.5 Å². The first kappa shape index (κ1) is 17.4. The summed E-state index contributed by atoms with van der Waals surface area (Å²) in [5.74, 6) is 2.36. The van der Waals surface area contributed by atoms with Gasteiger partial charge in [0, 0.05) is 31.0 Å². The summed E-state index contributed by atoms with van der Waals surface area (Å²) >= 11 is 0. The van der Waals surface area contributed by atoms with Crippen LogP contribution in [0.15, 0.2) is 30.6 Å². The van der Waals surface area contributed by atoms with Gasteiger partial charge in [0.15, 0.2) is 0 Å². The van der Waals surface area contributed by atoms with Crippen LogP contribution < -0.4 is 15.0 Å². The van der Waals surface area contributed by atoms with Gasteiger partial charge in [-0.05, 0) is 25.5 Å². The molecule has 25 heavy (non-hydrogen) atoms. The average molecular weight is 343 g/mol. The Hall–Kier alpha value is -2.41. The average Bonchev–Trinajstić information content (AvgIpc) is 2.67. The molecule has 1 aliphatic heterocycles. The second-order valence-electron chi connectivity index (χ2n) is 6.00. The highest BCUT2D eigenvalue weighted by atomic mass is 16.5. The fourth-order valence-corrected chi connectivity index (χ4v) is 2.60. The predicted molar refractivity (Wildman–Crippen MR) is 97.3 cm³/mol. The lowest BCUT2D eigenvalue weighted by atomic mass is 10.3. The lowest BCUT2D eigenvalue weighted by Crippen LogP contribution is -2.37. The molecule has 0 radical (unpaired) electrons. The van der Waals surface area contributed by atoms with E-state index < -0.39 is 0 Å². The molecule has 1 aliphatic rings. The van der Waals surface area contributed by atoms with Gasteiger partial charge in [-0.3, -0.25) is 4.98 Å². The fraction of sp³-hybridized carbons (Fsp3) is 0.500. The molecule has 3 heterocycles. The van der Waals surface area contributed by atoms with Gasteiger partial charge in [-0.2, -0.15) is 4.98 Å². The van der Waals surface area contributed by atoms with Crippen molar-refractivity contribution in [3.63, 3.8) is 0 Å². The summed E-state index contributed by atoms with van der Waals surface area (Å²) in [4.78, 5) is 15.5. The number of hydrogen-bond donors (Lipinski definition) is 1. The number of nitrogens with zero attached hydrogens (tertiary/aromatic N) is 4. The summed E-state index contributed by atoms with van der Waals surface area (Å²) in [5.41, 5.74) is 1.03. The van der Waals surface area contributed by atoms with Crippen molar-refractivity contribution in [3.05, 3.63) is 36.3 Å². The molecule has 3 rings (SSSR count). The minimum atomic E-state index is -0.00363. The van der Waals surface area contributed by atoms with Crippen molar-refractivity contribution in [3.8, 4) is 5.75 Å². The van der Waals surface area contributed by atoms with Gasteiger partial charge in [-0.1, -0.05) is 6.92 Å². The number of rotatable bonds is 7. The lowest BCUT2D eigenvalue weighted by Gasteiger charge is -2.27. The third-order valence-corrected chi connectivity index (χ3v) is 3.97. The maximum atomic E-state index is 5.84. The summed E-state index contributed by atoms with van der Waals surface area (Å²) in [6, 6.07) is 5.77. The van der Waals surface area contributed by atoms with Crippen molar-refractivity contribution >= 4 is 11.8 Å². The highest BCUT2D eigenvalue weighted by molar-refractivity contribution is 5.44. The number of aromatic nitrogens is 3. The van der Waals surface area contributed by atoms with Crippen LogP contribution in [0.5, 0.6) is 5.75 Å². The van der Waals surface area contributed by atoms with Gasteiger partial charge in [0.05, 0.1) is 26.0 Å². The molecular formula is C18H25N5O2. The van der Waals surface area contributed by atoms with Crippen molar-refractivity contribution in [1.29, 1.82) is 0 Å². The molecule has 0 aromatic carbocycles. The van der Waals surface area contributed by atoms with Gasteiger partial charge in [0.25, 0.3) is 0 Å². The summed E-state index contributed by atoms with van der Waals surface area (Å²) < 4.78 is 11.3. The Labute approximate surface area is 148 Å². The molecule has 0 aliphatic carbocycles. The zero-order valence-corrected chi connectivity index (χ0v) is 14.8. The first-order valence-corrected chi connectivity index (χ1v) is 8.76. The van der Waals surface area contributed by atoms with Crippen LogP contribution in [-0.2, 0) is 11.2 Å². The summed E-state index contributed by atoms with van der Waals surface area (Å²) in [5, 5.41) is 3.36. The zero-order valence-electron chi connectivity index (χ0n) is 14.8. The third kappa shape index (κ3) is 5.03. The summed E-state index contributed by atoms with van der Waals surface area (Å²) in [7, 11) is 0. The van der Waals surface area contributed by atoms with E-state index in [1.54, 1.807) is 12.4 Å². The number of aryl methyl sites for hydroxylation is 1. The van der Waals surface area contributed by atoms with Gasteiger partial charge in [0.1, 0.15) is 17.7 Å². The van der Waals surface area contributed by atoms with Crippen LogP contribution in [0.4, 0.5) is 11.8 Å². The van der Waals surface area contributed by atoms with Crippen LogP contribution in [0.25, 0.3) is 0 Å². The molecule has 0 amide bonds. The van der Waals surface area contributed by atoms with E-state index in [1.165, 1.54) is 0 Å². The quantitative estimate of drug-likeness (QED) is 0.826. The third-order valence-electron chi connectivity index (χ3n) is 3.97. The minimum Gasteiger partial charge on any atom is -0.487 e. The maximum Gasteiger partial charge on any atom is 0.227 e. The Bertz CT molecular complexity index is 662. The number of morpholine rings is 1. The smallest absolute Gasteiger partial charge is 0.227 e. The zero-order chi connectivity index (χ0) is 17.5. The van der Waals surface area contributed by atoms with E-state index in [4.69, 9.17) is 9.47 Å². The second kappa shape index (κ2) is 8.62. The molecule has 2 aromatic heterocycles. The molecule has 1 saturated heterocycles. The SMILES string of the molecule is CCc1cc(NCC(C)Oc2cccnc2)nc(N2CCOCC2)n1. The Morgan fingerprint density at radius 2 is 2.16 bits per heavy atom. The molecular weight excluding hydrogens is 318 g/mol. The molecule has 7 nitrogen and oxygen atoms in total. The monoisotopic (exact) mass is 343 g/mol. The highest BCUT2D eigenvalue weighted by Crippen LogP contribution is 2.16. The first-order valence-electron chi connectivity index (χ1n) is 8.76. The Balaban J connectivity index is 1.62. The van der Waals surface area contributed by atoms with E-state index >= 15 is 0 Å². The molecule has 7 heteroatoms. The maximum absolute atomic E-state index is 5.84. The minimum absolute atomic E-state index is 0.00363. The van der Waals surface area contributed by atoms with Crippen LogP contribution in [0.3, 0.4) is 0 Å². The topological polar surface area (TPSA) is 72.4 Å². The Morgan fingerprint density at radius 3 is 2.88 bits per heavy atom. The van der Waals surface area contributed by atoms with E-state index in [0.29, 0.717) is 6.54 Å². The molecule has 2 aromatic rings. The highest BCUT2D eigenvalue weighted by Gasteiger charge is 2.15. The molecule has 1 fully saturated rings. The van der Waals surface area contributed by atoms with Crippen LogP contribution in [-0.4, -0.2) is 53.9 Å². The molecule has 1 atom stereocenters. The molecule has 0 spiro atoms. The number of hydrogen-bond acceptors (Lipinski definition) is 7. The van der Waals surface area contributed by atoms with Gasteiger partial charge in [0.2, 0.25) is 5.95 Å². The van der Waals surface area contributed by atoms with E-state index in [0.717, 1.165) is 55.9 Å². The van der Waals surface area contributed by atoms with Crippen LogP contribution in [0.2, 0.25) is 0 Å². The summed E-state index contributed by atoms with van der Waals surface area (Å²) in [6.45, 7) is 7.86.